The van der Waals surface area contributed by atoms with Crippen LogP contribution in [-0.4, -0.2) is 56.3 Å². The predicted molar refractivity (Wildman–Crippen MR) is 148 cm³/mol. The molecule has 8 nitrogen and oxygen atoms in total. The second kappa shape index (κ2) is 10.5. The predicted octanol–water partition coefficient (Wildman–Crippen LogP) is 5.50. The Morgan fingerprint density at radius 1 is 1.05 bits per heavy atom. The van der Waals surface area contributed by atoms with Gasteiger partial charge >= 0.3 is 6.18 Å². The van der Waals surface area contributed by atoms with Crippen LogP contribution >= 0.6 is 0 Å². The van der Waals surface area contributed by atoms with Gasteiger partial charge in [-0.3, -0.25) is 18.8 Å². The van der Waals surface area contributed by atoms with Crippen molar-refractivity contribution in [1.82, 2.24) is 24.1 Å². The number of nitrogens with zero attached hydrogens (tertiary/aromatic N) is 5. The number of fused-ring (bicyclic) bond motifs is 1. The van der Waals surface area contributed by atoms with E-state index >= 15 is 0 Å². The zero-order chi connectivity index (χ0) is 28.7. The van der Waals surface area contributed by atoms with E-state index in [1.807, 2.05) is 48.7 Å². The van der Waals surface area contributed by atoms with Crippen molar-refractivity contribution in [3.8, 4) is 22.5 Å². The number of carbonyl (C=O) groups excluding carboxylic acids is 1. The maximum atomic E-state index is 13.8. The lowest BCUT2D eigenvalue weighted by Crippen LogP contribution is -2.50. The number of benzene rings is 2. The molecule has 3 aromatic heterocycles. The number of aromatic nitrogens is 4. The minimum atomic E-state index is -4.61. The number of alkyl halides is 3. The number of hydrogen-bond acceptors (Lipinski definition) is 5. The van der Waals surface area contributed by atoms with Gasteiger partial charge in [0, 0.05) is 62.9 Å². The van der Waals surface area contributed by atoms with Crippen molar-refractivity contribution in [2.75, 3.05) is 25.5 Å². The summed E-state index contributed by atoms with van der Waals surface area (Å²) < 4.78 is 50.0. The van der Waals surface area contributed by atoms with Gasteiger partial charge in [-0.2, -0.15) is 18.3 Å². The monoisotopic (exact) mass is 560 g/mol. The number of nitrogens with one attached hydrogen (secondary N) is 1. The molecule has 2 aromatic carbocycles. The van der Waals surface area contributed by atoms with Crippen LogP contribution in [0.2, 0.25) is 0 Å². The fourth-order valence-corrected chi connectivity index (χ4v) is 5.04. The molecule has 1 aliphatic heterocycles. The number of pyridine rings is 1. The molecule has 0 aliphatic carbocycles. The van der Waals surface area contributed by atoms with Crippen LogP contribution in [0.1, 0.15) is 21.5 Å². The molecule has 6 rings (SSSR count). The molecule has 4 heterocycles. The zero-order valence-electron chi connectivity index (χ0n) is 22.4. The van der Waals surface area contributed by atoms with E-state index in [-0.39, 0.29) is 22.9 Å². The van der Waals surface area contributed by atoms with Crippen molar-refractivity contribution in [1.29, 1.82) is 0 Å². The lowest BCUT2D eigenvalue weighted by atomic mass is 10.0. The molecule has 1 amide bonds. The normalized spacial score (nSPS) is 14.4. The lowest BCUT2D eigenvalue weighted by molar-refractivity contribution is -0.137. The second-order valence-electron chi connectivity index (χ2n) is 10.1. The first kappa shape index (κ1) is 26.7. The largest absolute Gasteiger partial charge is 0.417 e. The molecule has 1 saturated heterocycles. The number of carbonyl (C=O) groups is 1. The standard InChI is InChI=1S/C30H27F3N6O2/c1-37-12-11-25(36-37)23-15-21(8-9-24(23)30(31,32)33)29(40)35-28-27(20-6-4-3-5-7-20)34-26-14-19(10-13-39(26)28)16-38-17-22(18-38)41-2/h3-15,22H,16-18H2,1-2H3,(H,35,40). The highest BCUT2D eigenvalue weighted by Crippen LogP contribution is 2.37. The van der Waals surface area contributed by atoms with Gasteiger partial charge in [0.25, 0.3) is 5.91 Å². The van der Waals surface area contributed by atoms with Crippen LogP contribution in [0.25, 0.3) is 28.2 Å². The maximum Gasteiger partial charge on any atom is 0.417 e. The summed E-state index contributed by atoms with van der Waals surface area (Å²) in [6.45, 7) is 2.47. The molecule has 1 fully saturated rings. The highest BCUT2D eigenvalue weighted by atomic mass is 19.4. The van der Waals surface area contributed by atoms with Crippen LogP contribution in [0.5, 0.6) is 0 Å². The smallest absolute Gasteiger partial charge is 0.379 e. The number of aryl methyl sites for hydroxylation is 1. The van der Waals surface area contributed by atoms with Gasteiger partial charge in [-0.1, -0.05) is 30.3 Å². The van der Waals surface area contributed by atoms with Gasteiger partial charge in [-0.25, -0.2) is 4.98 Å². The van der Waals surface area contributed by atoms with Gasteiger partial charge in [0.05, 0.1) is 17.4 Å². The summed E-state index contributed by atoms with van der Waals surface area (Å²) in [4.78, 5) is 20.6. The Morgan fingerprint density at radius 3 is 2.51 bits per heavy atom. The number of rotatable bonds is 7. The average molecular weight is 561 g/mol. The second-order valence-corrected chi connectivity index (χ2v) is 10.1. The Bertz CT molecular complexity index is 1720. The fourth-order valence-electron chi connectivity index (χ4n) is 5.04. The van der Waals surface area contributed by atoms with Gasteiger partial charge in [0.1, 0.15) is 17.2 Å². The molecule has 5 aromatic rings. The van der Waals surface area contributed by atoms with E-state index in [0.717, 1.165) is 36.8 Å². The van der Waals surface area contributed by atoms with Crippen LogP contribution in [0, 0.1) is 0 Å². The number of imidazole rings is 1. The fraction of sp³-hybridized carbons (Fsp3) is 0.233. The Hall–Kier alpha value is -4.48. The average Bonchev–Trinajstić information content (AvgIpc) is 3.53. The molecule has 0 spiro atoms. The first-order valence-electron chi connectivity index (χ1n) is 13.0. The number of amides is 1. The Morgan fingerprint density at radius 2 is 1.83 bits per heavy atom. The van der Waals surface area contributed by atoms with E-state index in [1.165, 1.54) is 22.9 Å². The third-order valence-corrected chi connectivity index (χ3v) is 7.21. The minimum absolute atomic E-state index is 0.0646. The number of halogens is 3. The molecule has 210 valence electrons. The summed E-state index contributed by atoms with van der Waals surface area (Å²) in [7, 11) is 3.33. The maximum absolute atomic E-state index is 13.8. The number of ether oxygens (including phenoxy) is 1. The first-order chi connectivity index (χ1) is 19.7. The quantitative estimate of drug-likeness (QED) is 0.284. The van der Waals surface area contributed by atoms with Crippen LogP contribution in [0.4, 0.5) is 19.0 Å². The van der Waals surface area contributed by atoms with E-state index in [2.05, 4.69) is 15.3 Å². The van der Waals surface area contributed by atoms with E-state index in [4.69, 9.17) is 9.72 Å². The summed E-state index contributed by atoms with van der Waals surface area (Å²) >= 11 is 0. The number of anilines is 1. The van der Waals surface area contributed by atoms with Gasteiger partial charge in [-0.05, 0) is 42.0 Å². The molecule has 41 heavy (non-hydrogen) atoms. The molecule has 0 radical (unpaired) electrons. The molecule has 1 aliphatic rings. The van der Waals surface area contributed by atoms with Gasteiger partial charge < -0.3 is 10.1 Å². The highest BCUT2D eigenvalue weighted by Gasteiger charge is 2.35. The number of methoxy groups -OCH3 is 1. The Balaban J connectivity index is 1.36. The van der Waals surface area contributed by atoms with Crippen LogP contribution < -0.4 is 5.32 Å². The molecule has 1 N–H and O–H groups in total. The van der Waals surface area contributed by atoms with Gasteiger partial charge in [-0.15, -0.1) is 0 Å². The SMILES string of the molecule is COC1CN(Cc2ccn3c(NC(=O)c4ccc(C(F)(F)F)c(-c5ccn(C)n5)c4)c(-c4ccccc4)nc3c2)C1. The molecule has 11 heteroatoms. The van der Waals surface area contributed by atoms with E-state index < -0.39 is 17.6 Å². The first-order valence-corrected chi connectivity index (χ1v) is 13.0. The number of hydrogen-bond donors (Lipinski definition) is 1. The van der Waals surface area contributed by atoms with Crippen LogP contribution in [0.3, 0.4) is 0 Å². The third-order valence-electron chi connectivity index (χ3n) is 7.21. The van der Waals surface area contributed by atoms with Gasteiger partial charge in [0.15, 0.2) is 0 Å². The van der Waals surface area contributed by atoms with Crippen molar-refractivity contribution < 1.29 is 22.7 Å². The summed E-state index contributed by atoms with van der Waals surface area (Å²) in [6, 6.07) is 18.2. The van der Waals surface area contributed by atoms with Crippen molar-refractivity contribution in [3.05, 3.63) is 95.8 Å². The molecule has 0 bridgehead atoms. The van der Waals surface area contributed by atoms with E-state index in [9.17, 15) is 18.0 Å². The Labute approximate surface area is 234 Å². The topological polar surface area (TPSA) is 76.7 Å². The molecular formula is C30H27F3N6O2. The minimum Gasteiger partial charge on any atom is -0.379 e. The van der Waals surface area contributed by atoms with Crippen LogP contribution in [0.15, 0.2) is 79.1 Å². The van der Waals surface area contributed by atoms with Crippen molar-refractivity contribution in [2.24, 2.45) is 7.05 Å². The van der Waals surface area contributed by atoms with Crippen molar-refractivity contribution in [3.63, 3.8) is 0 Å². The zero-order valence-corrected chi connectivity index (χ0v) is 22.4. The Kier molecular flexibility index (Phi) is 6.84. The van der Waals surface area contributed by atoms with Gasteiger partial charge in [0.2, 0.25) is 0 Å². The van der Waals surface area contributed by atoms with Crippen molar-refractivity contribution >= 4 is 17.4 Å². The number of likely N-dealkylation sites (tertiary alicyclic amines) is 1. The molecule has 0 atom stereocenters. The summed E-state index contributed by atoms with van der Waals surface area (Å²) in [5, 5.41) is 7.05. The van der Waals surface area contributed by atoms with Crippen LogP contribution in [-0.2, 0) is 24.5 Å². The van der Waals surface area contributed by atoms with E-state index in [0.29, 0.717) is 17.2 Å². The molecule has 0 saturated carbocycles. The molecular weight excluding hydrogens is 533 g/mol. The molecule has 0 unspecified atom stereocenters. The third kappa shape index (κ3) is 5.33. The highest BCUT2D eigenvalue weighted by molar-refractivity contribution is 6.06. The summed E-state index contributed by atoms with van der Waals surface area (Å²) in [6.07, 6.45) is -0.958. The summed E-state index contributed by atoms with van der Waals surface area (Å²) in [5.41, 5.74) is 2.21. The van der Waals surface area contributed by atoms with Crippen molar-refractivity contribution in [2.45, 2.75) is 18.8 Å². The lowest BCUT2D eigenvalue weighted by Gasteiger charge is -2.38. The summed E-state index contributed by atoms with van der Waals surface area (Å²) in [5.74, 6) is -0.143. The van der Waals surface area contributed by atoms with E-state index in [1.54, 1.807) is 24.8 Å².